The summed E-state index contributed by atoms with van der Waals surface area (Å²) in [6.07, 6.45) is -2.88. The van der Waals surface area contributed by atoms with Crippen molar-refractivity contribution in [1.82, 2.24) is 0 Å². The molecule has 0 spiro atoms. The molecule has 1 saturated carbocycles. The number of hydrogen-bond donors (Lipinski definition) is 0. The average Bonchev–Trinajstić information content (AvgIpc) is 2.37. The monoisotopic (exact) mass is 314 g/mol. The number of sulfone groups is 1. The number of halogens is 3. The van der Waals surface area contributed by atoms with Crippen LogP contribution in [0.2, 0.25) is 0 Å². The molecule has 0 saturated heterocycles. The SMILES string of the molecule is CCS(=O)(=O)CCCC(=O)C1CCCCC1C(F)(F)F. The fourth-order valence-corrected chi connectivity index (χ4v) is 3.58. The zero-order valence-corrected chi connectivity index (χ0v) is 12.4. The standard InChI is InChI=1S/C13H21F3O3S/c1-2-20(18,19)9-5-8-12(17)10-6-3-4-7-11(10)13(14,15)16/h10-11H,2-9H2,1H3. The largest absolute Gasteiger partial charge is 0.392 e. The van der Waals surface area contributed by atoms with Crippen molar-refractivity contribution >= 4 is 15.6 Å². The summed E-state index contributed by atoms with van der Waals surface area (Å²) in [4.78, 5) is 11.9. The van der Waals surface area contributed by atoms with Gasteiger partial charge in [-0.05, 0) is 19.3 Å². The molecule has 3 nitrogen and oxygen atoms in total. The Morgan fingerprint density at radius 2 is 1.80 bits per heavy atom. The van der Waals surface area contributed by atoms with Crippen LogP contribution in [0, 0.1) is 11.8 Å². The number of Topliss-reactive ketones (excluding diaryl/α,β-unsaturated/α-hetero) is 1. The second kappa shape index (κ2) is 6.91. The number of rotatable bonds is 6. The summed E-state index contributed by atoms with van der Waals surface area (Å²) in [6.45, 7) is 1.51. The Morgan fingerprint density at radius 1 is 1.20 bits per heavy atom. The molecule has 1 aliphatic rings. The smallest absolute Gasteiger partial charge is 0.299 e. The lowest BCUT2D eigenvalue weighted by Gasteiger charge is -2.32. The minimum absolute atomic E-state index is 0.00417. The van der Waals surface area contributed by atoms with E-state index >= 15 is 0 Å². The number of ketones is 1. The molecule has 0 bridgehead atoms. The van der Waals surface area contributed by atoms with E-state index in [1.54, 1.807) is 0 Å². The molecule has 1 fully saturated rings. The highest BCUT2D eigenvalue weighted by Gasteiger charge is 2.47. The Bertz CT molecular complexity index is 429. The fraction of sp³-hybridized carbons (Fsp3) is 0.923. The molecule has 20 heavy (non-hydrogen) atoms. The van der Waals surface area contributed by atoms with Gasteiger partial charge in [0.2, 0.25) is 0 Å². The maximum Gasteiger partial charge on any atom is 0.392 e. The van der Waals surface area contributed by atoms with Gasteiger partial charge in [-0.15, -0.1) is 0 Å². The van der Waals surface area contributed by atoms with Gasteiger partial charge in [0.15, 0.2) is 0 Å². The molecule has 2 atom stereocenters. The highest BCUT2D eigenvalue weighted by atomic mass is 32.2. The Morgan fingerprint density at radius 3 is 2.35 bits per heavy atom. The van der Waals surface area contributed by atoms with Crippen molar-refractivity contribution in [3.63, 3.8) is 0 Å². The predicted molar refractivity (Wildman–Crippen MR) is 70.1 cm³/mol. The predicted octanol–water partition coefficient (Wildman–Crippen LogP) is 3.14. The van der Waals surface area contributed by atoms with Crippen molar-refractivity contribution in [3.05, 3.63) is 0 Å². The zero-order valence-electron chi connectivity index (χ0n) is 11.6. The summed E-state index contributed by atoms with van der Waals surface area (Å²) in [6, 6.07) is 0. The second-order valence-electron chi connectivity index (χ2n) is 5.35. The third-order valence-electron chi connectivity index (χ3n) is 3.92. The van der Waals surface area contributed by atoms with Gasteiger partial charge in [-0.3, -0.25) is 4.79 Å². The van der Waals surface area contributed by atoms with Gasteiger partial charge in [-0.1, -0.05) is 19.8 Å². The van der Waals surface area contributed by atoms with Gasteiger partial charge >= 0.3 is 6.18 Å². The van der Waals surface area contributed by atoms with E-state index in [0.29, 0.717) is 12.8 Å². The summed E-state index contributed by atoms with van der Waals surface area (Å²) in [7, 11) is -3.16. The number of hydrogen-bond acceptors (Lipinski definition) is 3. The lowest BCUT2D eigenvalue weighted by molar-refractivity contribution is -0.197. The van der Waals surface area contributed by atoms with E-state index in [1.165, 1.54) is 6.92 Å². The van der Waals surface area contributed by atoms with E-state index in [-0.39, 0.29) is 37.2 Å². The molecule has 1 aliphatic carbocycles. The summed E-state index contributed by atoms with van der Waals surface area (Å²) >= 11 is 0. The number of carbonyl (C=O) groups excluding carboxylic acids is 1. The number of carbonyl (C=O) groups is 1. The molecule has 0 N–H and O–H groups in total. The minimum atomic E-state index is -4.34. The van der Waals surface area contributed by atoms with Crippen LogP contribution in [0.1, 0.15) is 45.4 Å². The van der Waals surface area contributed by atoms with E-state index in [9.17, 15) is 26.4 Å². The summed E-state index contributed by atoms with van der Waals surface area (Å²) in [5, 5.41) is 0. The Labute approximate surface area is 117 Å². The van der Waals surface area contributed by atoms with Crippen LogP contribution < -0.4 is 0 Å². The van der Waals surface area contributed by atoms with Gasteiger partial charge in [0.1, 0.15) is 15.6 Å². The fourth-order valence-electron chi connectivity index (χ4n) is 2.70. The van der Waals surface area contributed by atoms with Crippen molar-refractivity contribution in [1.29, 1.82) is 0 Å². The van der Waals surface area contributed by atoms with Crippen LogP contribution in [0.25, 0.3) is 0 Å². The topological polar surface area (TPSA) is 51.2 Å². The zero-order chi connectivity index (χ0) is 15.4. The van der Waals surface area contributed by atoms with Gasteiger partial charge in [0.25, 0.3) is 0 Å². The molecule has 0 aliphatic heterocycles. The third kappa shape index (κ3) is 5.07. The van der Waals surface area contributed by atoms with Crippen molar-refractivity contribution in [2.24, 2.45) is 11.8 Å². The average molecular weight is 314 g/mol. The molecule has 2 unspecified atom stereocenters. The highest BCUT2D eigenvalue weighted by Crippen LogP contribution is 2.42. The van der Waals surface area contributed by atoms with Crippen molar-refractivity contribution < 1.29 is 26.4 Å². The van der Waals surface area contributed by atoms with Gasteiger partial charge < -0.3 is 0 Å². The van der Waals surface area contributed by atoms with Crippen LogP contribution in [0.15, 0.2) is 0 Å². The lowest BCUT2D eigenvalue weighted by Crippen LogP contribution is -2.37. The van der Waals surface area contributed by atoms with E-state index in [2.05, 4.69) is 0 Å². The molecule has 0 aromatic carbocycles. The van der Waals surface area contributed by atoms with E-state index in [0.717, 1.165) is 0 Å². The molecular weight excluding hydrogens is 293 g/mol. The molecule has 1 rings (SSSR count). The van der Waals surface area contributed by atoms with Crippen molar-refractivity contribution in [3.8, 4) is 0 Å². The molecule has 118 valence electrons. The Hall–Kier alpha value is -0.590. The van der Waals surface area contributed by atoms with Crippen LogP contribution in [0.5, 0.6) is 0 Å². The highest BCUT2D eigenvalue weighted by molar-refractivity contribution is 7.91. The van der Waals surface area contributed by atoms with Gasteiger partial charge in [0, 0.05) is 18.1 Å². The van der Waals surface area contributed by atoms with Crippen molar-refractivity contribution in [2.75, 3.05) is 11.5 Å². The van der Waals surface area contributed by atoms with E-state index < -0.39 is 33.6 Å². The molecule has 0 amide bonds. The van der Waals surface area contributed by atoms with Crippen LogP contribution in [0.4, 0.5) is 13.2 Å². The van der Waals surface area contributed by atoms with Gasteiger partial charge in [-0.25, -0.2) is 8.42 Å². The second-order valence-corrected chi connectivity index (χ2v) is 7.82. The first-order chi connectivity index (χ1) is 9.17. The van der Waals surface area contributed by atoms with Crippen LogP contribution in [0.3, 0.4) is 0 Å². The first-order valence-corrected chi connectivity index (χ1v) is 8.79. The van der Waals surface area contributed by atoms with Crippen LogP contribution >= 0.6 is 0 Å². The molecule has 0 heterocycles. The van der Waals surface area contributed by atoms with E-state index in [1.807, 2.05) is 0 Å². The summed E-state index contributed by atoms with van der Waals surface area (Å²) in [5.41, 5.74) is 0. The molecule has 0 aromatic rings. The van der Waals surface area contributed by atoms with Crippen molar-refractivity contribution in [2.45, 2.75) is 51.6 Å². The first kappa shape index (κ1) is 17.5. The van der Waals surface area contributed by atoms with Gasteiger partial charge in [0.05, 0.1) is 11.7 Å². The molecule has 7 heteroatoms. The molecule has 0 radical (unpaired) electrons. The summed E-state index contributed by atoms with van der Waals surface area (Å²) < 4.78 is 61.2. The van der Waals surface area contributed by atoms with E-state index in [4.69, 9.17) is 0 Å². The quantitative estimate of drug-likeness (QED) is 0.757. The number of alkyl halides is 3. The van der Waals surface area contributed by atoms with Crippen LogP contribution in [-0.2, 0) is 14.6 Å². The molecule has 0 aromatic heterocycles. The Kier molecular flexibility index (Phi) is 6.04. The van der Waals surface area contributed by atoms with Crippen LogP contribution in [-0.4, -0.2) is 31.9 Å². The first-order valence-electron chi connectivity index (χ1n) is 6.97. The Balaban J connectivity index is 2.56. The maximum atomic E-state index is 12.9. The molecular formula is C13H21F3O3S. The summed E-state index contributed by atoms with van der Waals surface area (Å²) in [5.74, 6) is -3.09. The maximum absolute atomic E-state index is 12.9. The third-order valence-corrected chi connectivity index (χ3v) is 5.71. The minimum Gasteiger partial charge on any atom is -0.299 e. The van der Waals surface area contributed by atoms with Gasteiger partial charge in [-0.2, -0.15) is 13.2 Å². The lowest BCUT2D eigenvalue weighted by atomic mass is 9.75. The normalized spacial score (nSPS) is 24.6.